The molecule has 2 nitrogen and oxygen atoms in total. The van der Waals surface area contributed by atoms with Gasteiger partial charge in [-0.2, -0.15) is 0 Å². The fraction of sp³-hybridized carbons (Fsp3) is 1.00. The summed E-state index contributed by atoms with van der Waals surface area (Å²) in [5.74, 6) is 0. The third-order valence-electron chi connectivity index (χ3n) is 2.40. The van der Waals surface area contributed by atoms with E-state index in [4.69, 9.17) is 9.47 Å². The monoisotopic (exact) mass is 214 g/mol. The molecule has 1 fully saturated rings. The molecule has 2 heteroatoms. The summed E-state index contributed by atoms with van der Waals surface area (Å²) in [7, 11) is 0. The van der Waals surface area contributed by atoms with E-state index in [9.17, 15) is 0 Å². The smallest absolute Gasteiger partial charge is 0.0844 e. The molecule has 0 heterocycles. The van der Waals surface area contributed by atoms with Crippen LogP contribution in [0.25, 0.3) is 0 Å². The van der Waals surface area contributed by atoms with Crippen molar-refractivity contribution in [3.63, 3.8) is 0 Å². The second kappa shape index (κ2) is 4.42. The Morgan fingerprint density at radius 1 is 0.733 bits per heavy atom. The molecule has 90 valence electrons. The predicted molar refractivity (Wildman–Crippen MR) is 63.1 cm³/mol. The third kappa shape index (κ3) is 4.98. The first-order valence-corrected chi connectivity index (χ1v) is 6.03. The van der Waals surface area contributed by atoms with Gasteiger partial charge in [-0.05, 0) is 60.8 Å². The highest BCUT2D eigenvalue weighted by Crippen LogP contribution is 2.31. The van der Waals surface area contributed by atoms with Crippen molar-refractivity contribution in [2.45, 2.75) is 84.2 Å². The highest BCUT2D eigenvalue weighted by molar-refractivity contribution is 4.83. The number of hydrogen-bond acceptors (Lipinski definition) is 2. The standard InChI is InChI=1S/C13H26O2/c1-12(2,3)14-10-8-7-9-11(10)15-13(4,5)6/h10-11H,7-9H2,1-6H3. The molecule has 0 saturated heterocycles. The Bertz CT molecular complexity index is 176. The summed E-state index contributed by atoms with van der Waals surface area (Å²) < 4.78 is 12.1. The highest BCUT2D eigenvalue weighted by Gasteiger charge is 2.34. The number of hydrogen-bond donors (Lipinski definition) is 0. The maximum atomic E-state index is 6.03. The van der Waals surface area contributed by atoms with Crippen molar-refractivity contribution in [2.24, 2.45) is 0 Å². The van der Waals surface area contributed by atoms with Crippen LogP contribution >= 0.6 is 0 Å². The van der Waals surface area contributed by atoms with Crippen molar-refractivity contribution >= 4 is 0 Å². The minimum absolute atomic E-state index is 0.0610. The molecule has 0 bridgehead atoms. The van der Waals surface area contributed by atoms with Crippen LogP contribution in [0, 0.1) is 0 Å². The zero-order valence-corrected chi connectivity index (χ0v) is 11.1. The SMILES string of the molecule is CC(C)(C)OC1CCCC1OC(C)(C)C. The minimum atomic E-state index is -0.0610. The lowest BCUT2D eigenvalue weighted by Gasteiger charge is -2.32. The van der Waals surface area contributed by atoms with Gasteiger partial charge in [-0.25, -0.2) is 0 Å². The molecule has 0 aromatic carbocycles. The summed E-state index contributed by atoms with van der Waals surface area (Å²) in [4.78, 5) is 0. The fourth-order valence-electron chi connectivity index (χ4n) is 2.07. The highest BCUT2D eigenvalue weighted by atomic mass is 16.6. The first kappa shape index (κ1) is 13.0. The van der Waals surface area contributed by atoms with E-state index >= 15 is 0 Å². The molecule has 0 aromatic heterocycles. The summed E-state index contributed by atoms with van der Waals surface area (Å²) in [5.41, 5.74) is -0.122. The molecular formula is C13H26O2. The Kier molecular flexibility index (Phi) is 3.83. The molecule has 0 aliphatic heterocycles. The van der Waals surface area contributed by atoms with E-state index in [-0.39, 0.29) is 23.4 Å². The largest absolute Gasteiger partial charge is 0.370 e. The van der Waals surface area contributed by atoms with Gasteiger partial charge in [0.15, 0.2) is 0 Å². The van der Waals surface area contributed by atoms with Crippen LogP contribution in [0.5, 0.6) is 0 Å². The van der Waals surface area contributed by atoms with Crippen LogP contribution in [-0.2, 0) is 9.47 Å². The predicted octanol–water partition coefficient (Wildman–Crippen LogP) is 3.54. The van der Waals surface area contributed by atoms with Crippen molar-refractivity contribution in [1.82, 2.24) is 0 Å². The summed E-state index contributed by atoms with van der Waals surface area (Å²) in [6.45, 7) is 12.7. The van der Waals surface area contributed by atoms with E-state index in [0.717, 1.165) is 12.8 Å². The molecular weight excluding hydrogens is 188 g/mol. The van der Waals surface area contributed by atoms with Crippen molar-refractivity contribution in [2.75, 3.05) is 0 Å². The molecule has 1 aliphatic rings. The molecule has 0 spiro atoms. The number of ether oxygens (including phenoxy) is 2. The van der Waals surface area contributed by atoms with E-state index in [1.54, 1.807) is 0 Å². The van der Waals surface area contributed by atoms with Crippen molar-refractivity contribution in [1.29, 1.82) is 0 Å². The van der Waals surface area contributed by atoms with Gasteiger partial charge < -0.3 is 9.47 Å². The Labute approximate surface area is 94.3 Å². The average Bonchev–Trinajstić information content (AvgIpc) is 2.29. The first-order chi connectivity index (χ1) is 6.67. The van der Waals surface area contributed by atoms with Gasteiger partial charge in [0, 0.05) is 0 Å². The van der Waals surface area contributed by atoms with Gasteiger partial charge >= 0.3 is 0 Å². The van der Waals surface area contributed by atoms with Crippen LogP contribution in [0.2, 0.25) is 0 Å². The molecule has 1 rings (SSSR count). The summed E-state index contributed by atoms with van der Waals surface area (Å²) >= 11 is 0. The zero-order chi connectivity index (χ0) is 11.7. The Hall–Kier alpha value is -0.0800. The lowest BCUT2D eigenvalue weighted by molar-refractivity contribution is -0.150. The van der Waals surface area contributed by atoms with Gasteiger partial charge in [-0.15, -0.1) is 0 Å². The minimum Gasteiger partial charge on any atom is -0.370 e. The van der Waals surface area contributed by atoms with Crippen molar-refractivity contribution in [3.05, 3.63) is 0 Å². The van der Waals surface area contributed by atoms with Gasteiger partial charge in [0.05, 0.1) is 23.4 Å². The molecule has 0 radical (unpaired) electrons. The van der Waals surface area contributed by atoms with E-state index in [2.05, 4.69) is 41.5 Å². The van der Waals surface area contributed by atoms with E-state index in [1.165, 1.54) is 6.42 Å². The molecule has 15 heavy (non-hydrogen) atoms. The van der Waals surface area contributed by atoms with Crippen LogP contribution in [0.15, 0.2) is 0 Å². The second-order valence-corrected chi connectivity index (χ2v) is 6.47. The summed E-state index contributed by atoms with van der Waals surface area (Å²) in [5, 5.41) is 0. The lowest BCUT2D eigenvalue weighted by atomic mass is 10.1. The normalized spacial score (nSPS) is 28.4. The zero-order valence-electron chi connectivity index (χ0n) is 11.1. The lowest BCUT2D eigenvalue weighted by Crippen LogP contribution is -2.38. The van der Waals surface area contributed by atoms with E-state index < -0.39 is 0 Å². The summed E-state index contributed by atoms with van der Waals surface area (Å²) in [6, 6.07) is 0. The van der Waals surface area contributed by atoms with Crippen LogP contribution in [0.4, 0.5) is 0 Å². The van der Waals surface area contributed by atoms with Gasteiger partial charge in [0.2, 0.25) is 0 Å². The molecule has 0 amide bonds. The van der Waals surface area contributed by atoms with Crippen LogP contribution < -0.4 is 0 Å². The molecule has 1 saturated carbocycles. The fourth-order valence-corrected chi connectivity index (χ4v) is 2.07. The van der Waals surface area contributed by atoms with E-state index in [1.807, 2.05) is 0 Å². The van der Waals surface area contributed by atoms with Crippen LogP contribution in [-0.4, -0.2) is 23.4 Å². The summed E-state index contributed by atoms with van der Waals surface area (Å²) in [6.07, 6.45) is 4.06. The Balaban J connectivity index is 2.50. The molecule has 2 atom stereocenters. The molecule has 1 aliphatic carbocycles. The maximum absolute atomic E-state index is 6.03. The average molecular weight is 214 g/mol. The Morgan fingerprint density at radius 2 is 1.07 bits per heavy atom. The topological polar surface area (TPSA) is 18.5 Å². The van der Waals surface area contributed by atoms with Gasteiger partial charge in [-0.1, -0.05) is 0 Å². The van der Waals surface area contributed by atoms with Crippen LogP contribution in [0.3, 0.4) is 0 Å². The molecule has 0 N–H and O–H groups in total. The van der Waals surface area contributed by atoms with Gasteiger partial charge in [0.1, 0.15) is 0 Å². The number of rotatable bonds is 2. The Morgan fingerprint density at radius 3 is 1.33 bits per heavy atom. The second-order valence-electron chi connectivity index (χ2n) is 6.47. The van der Waals surface area contributed by atoms with Crippen LogP contribution in [0.1, 0.15) is 60.8 Å². The van der Waals surface area contributed by atoms with Crippen molar-refractivity contribution in [3.8, 4) is 0 Å². The first-order valence-electron chi connectivity index (χ1n) is 6.03. The van der Waals surface area contributed by atoms with E-state index in [0.29, 0.717) is 0 Å². The third-order valence-corrected chi connectivity index (χ3v) is 2.40. The van der Waals surface area contributed by atoms with Crippen molar-refractivity contribution < 1.29 is 9.47 Å². The maximum Gasteiger partial charge on any atom is 0.0844 e. The van der Waals surface area contributed by atoms with Gasteiger partial charge in [0.25, 0.3) is 0 Å². The molecule has 2 unspecified atom stereocenters. The quantitative estimate of drug-likeness (QED) is 0.700. The van der Waals surface area contributed by atoms with Gasteiger partial charge in [-0.3, -0.25) is 0 Å². The molecule has 0 aromatic rings.